The van der Waals surface area contributed by atoms with Crippen LogP contribution in [0, 0.1) is 5.92 Å². The second-order valence-corrected chi connectivity index (χ2v) is 4.13. The zero-order chi connectivity index (χ0) is 11.5. The van der Waals surface area contributed by atoms with E-state index < -0.39 is 0 Å². The molecular formula is C15H24. The van der Waals surface area contributed by atoms with Crippen molar-refractivity contribution < 1.29 is 0 Å². The molecule has 84 valence electrons. The summed E-state index contributed by atoms with van der Waals surface area (Å²) in [5.41, 5.74) is 4.21. The Kier molecular flexibility index (Phi) is 8.91. The highest BCUT2D eigenvalue weighted by Gasteiger charge is 1.92. The zero-order valence-electron chi connectivity index (χ0n) is 10.3. The van der Waals surface area contributed by atoms with Crippen molar-refractivity contribution in [3.8, 4) is 0 Å². The summed E-state index contributed by atoms with van der Waals surface area (Å²) in [4.78, 5) is 0. The van der Waals surface area contributed by atoms with Crippen molar-refractivity contribution in [2.24, 2.45) is 5.92 Å². The summed E-state index contributed by atoms with van der Waals surface area (Å²) in [6.45, 7) is 11.7. The smallest absolute Gasteiger partial charge is 0.0227 e. The predicted molar refractivity (Wildman–Crippen MR) is 69.9 cm³/mol. The van der Waals surface area contributed by atoms with Crippen molar-refractivity contribution in [2.75, 3.05) is 0 Å². The molecule has 0 radical (unpaired) electrons. The maximum Gasteiger partial charge on any atom is -0.0227 e. The van der Waals surface area contributed by atoms with Crippen LogP contribution in [0.25, 0.3) is 0 Å². The third-order valence-corrected chi connectivity index (χ3v) is 2.48. The summed E-state index contributed by atoms with van der Waals surface area (Å²) < 4.78 is 0. The molecule has 0 aromatic carbocycles. The van der Waals surface area contributed by atoms with Crippen molar-refractivity contribution in [3.63, 3.8) is 0 Å². The minimum absolute atomic E-state index is 0.636. The Balaban J connectivity index is 3.45. The van der Waals surface area contributed by atoms with Crippen molar-refractivity contribution >= 4 is 0 Å². The minimum Gasteiger partial charge on any atom is -0.130 e. The van der Waals surface area contributed by atoms with E-state index in [1.54, 1.807) is 0 Å². The Morgan fingerprint density at radius 3 is 2.73 bits per heavy atom. The van der Waals surface area contributed by atoms with Crippen LogP contribution in [-0.4, -0.2) is 0 Å². The van der Waals surface area contributed by atoms with Crippen LogP contribution in [-0.2, 0) is 0 Å². The normalized spacial score (nSPS) is 12.4. The lowest BCUT2D eigenvalue weighted by Crippen LogP contribution is -1.85. The van der Waals surface area contributed by atoms with Crippen LogP contribution in [0.4, 0.5) is 0 Å². The molecule has 0 nitrogen and oxygen atoms in total. The molecule has 0 bridgehead atoms. The summed E-state index contributed by atoms with van der Waals surface area (Å²) >= 11 is 0. The molecule has 0 rings (SSSR count). The SMILES string of the molecule is C=C=C(C)CCCC/C=C\[C@@H](C)CC=C. The average molecular weight is 204 g/mol. The van der Waals surface area contributed by atoms with Gasteiger partial charge in [-0.3, -0.25) is 0 Å². The fourth-order valence-electron chi connectivity index (χ4n) is 1.41. The van der Waals surface area contributed by atoms with Gasteiger partial charge in [-0.2, -0.15) is 0 Å². The van der Waals surface area contributed by atoms with Crippen molar-refractivity contribution in [1.82, 2.24) is 0 Å². The van der Waals surface area contributed by atoms with Gasteiger partial charge in [-0.25, -0.2) is 0 Å². The molecular weight excluding hydrogens is 180 g/mol. The third-order valence-electron chi connectivity index (χ3n) is 2.48. The van der Waals surface area contributed by atoms with Crippen LogP contribution in [0.15, 0.2) is 42.7 Å². The molecule has 15 heavy (non-hydrogen) atoms. The van der Waals surface area contributed by atoms with Gasteiger partial charge < -0.3 is 0 Å². The maximum atomic E-state index is 3.74. The van der Waals surface area contributed by atoms with E-state index in [2.05, 4.69) is 44.9 Å². The molecule has 0 aromatic heterocycles. The number of hydrogen-bond donors (Lipinski definition) is 0. The van der Waals surface area contributed by atoms with Gasteiger partial charge in [-0.1, -0.05) is 31.7 Å². The highest BCUT2D eigenvalue weighted by Crippen LogP contribution is 2.09. The number of unbranched alkanes of at least 4 members (excludes halogenated alkanes) is 2. The topological polar surface area (TPSA) is 0 Å². The molecule has 0 heterocycles. The van der Waals surface area contributed by atoms with Crippen molar-refractivity contribution in [2.45, 2.75) is 46.0 Å². The second kappa shape index (κ2) is 9.55. The summed E-state index contributed by atoms with van der Waals surface area (Å²) in [5.74, 6) is 0.636. The predicted octanol–water partition coefficient (Wildman–Crippen LogP) is 5.05. The molecule has 0 heteroatoms. The van der Waals surface area contributed by atoms with E-state index >= 15 is 0 Å². The minimum atomic E-state index is 0.636. The first-order valence-corrected chi connectivity index (χ1v) is 5.83. The Hall–Kier alpha value is -1.00. The van der Waals surface area contributed by atoms with E-state index in [1.165, 1.54) is 24.8 Å². The first kappa shape index (κ1) is 14.0. The summed E-state index contributed by atoms with van der Waals surface area (Å²) in [6.07, 6.45) is 12.5. The molecule has 0 amide bonds. The number of rotatable bonds is 8. The summed E-state index contributed by atoms with van der Waals surface area (Å²) in [6, 6.07) is 0. The quantitative estimate of drug-likeness (QED) is 0.295. The number of hydrogen-bond acceptors (Lipinski definition) is 0. The van der Waals surface area contributed by atoms with Crippen molar-refractivity contribution in [3.05, 3.63) is 42.7 Å². The molecule has 0 aromatic rings. The van der Waals surface area contributed by atoms with E-state index in [0.717, 1.165) is 12.8 Å². The average Bonchev–Trinajstić information content (AvgIpc) is 2.23. The lowest BCUT2D eigenvalue weighted by molar-refractivity contribution is 0.718. The molecule has 0 saturated heterocycles. The Morgan fingerprint density at radius 1 is 1.40 bits per heavy atom. The van der Waals surface area contributed by atoms with Gasteiger partial charge in [0.2, 0.25) is 0 Å². The molecule has 0 aliphatic heterocycles. The highest BCUT2D eigenvalue weighted by atomic mass is 14.0. The van der Waals surface area contributed by atoms with Gasteiger partial charge in [0.1, 0.15) is 0 Å². The first-order valence-electron chi connectivity index (χ1n) is 5.83. The van der Waals surface area contributed by atoms with Crippen LogP contribution in [0.5, 0.6) is 0 Å². The molecule has 0 aliphatic carbocycles. The molecule has 1 atom stereocenters. The van der Waals surface area contributed by atoms with Crippen LogP contribution in [0.1, 0.15) is 46.0 Å². The van der Waals surface area contributed by atoms with Gasteiger partial charge in [-0.15, -0.1) is 12.3 Å². The zero-order valence-corrected chi connectivity index (χ0v) is 10.3. The lowest BCUT2D eigenvalue weighted by Gasteiger charge is -2.00. The van der Waals surface area contributed by atoms with Gasteiger partial charge in [0.15, 0.2) is 0 Å². The summed E-state index contributed by atoms with van der Waals surface area (Å²) in [5, 5.41) is 0. The molecule has 0 spiro atoms. The Morgan fingerprint density at radius 2 is 2.13 bits per heavy atom. The van der Waals surface area contributed by atoms with Crippen LogP contribution in [0.3, 0.4) is 0 Å². The molecule has 0 fully saturated rings. The molecule has 0 unspecified atom stereocenters. The highest BCUT2D eigenvalue weighted by molar-refractivity contribution is 4.94. The van der Waals surface area contributed by atoms with E-state index in [1.807, 2.05) is 6.08 Å². The molecule has 0 N–H and O–H groups in total. The summed E-state index contributed by atoms with van der Waals surface area (Å²) in [7, 11) is 0. The Bertz CT molecular complexity index is 239. The van der Waals surface area contributed by atoms with Crippen LogP contribution >= 0.6 is 0 Å². The fraction of sp³-hybridized carbons (Fsp3) is 0.533. The van der Waals surface area contributed by atoms with Crippen molar-refractivity contribution in [1.29, 1.82) is 0 Å². The Labute approximate surface area is 95.1 Å². The number of allylic oxidation sites excluding steroid dienone is 4. The van der Waals surface area contributed by atoms with E-state index in [4.69, 9.17) is 0 Å². The van der Waals surface area contributed by atoms with E-state index in [9.17, 15) is 0 Å². The van der Waals surface area contributed by atoms with Gasteiger partial charge in [0.25, 0.3) is 0 Å². The largest absolute Gasteiger partial charge is 0.130 e. The first-order chi connectivity index (χ1) is 7.20. The maximum absolute atomic E-state index is 3.74. The molecule has 0 saturated carbocycles. The monoisotopic (exact) mass is 204 g/mol. The van der Waals surface area contributed by atoms with Gasteiger partial charge in [0, 0.05) is 0 Å². The lowest BCUT2D eigenvalue weighted by atomic mass is 10.1. The molecule has 0 aliphatic rings. The standard InChI is InChI=1S/C15H24/c1-5-11-15(4)13-10-8-7-9-12-14(3)6-2/h5,10,13,15H,1-2,7-9,11-12H2,3-4H3/b13-10-/t15-/m0/s1. The van der Waals surface area contributed by atoms with E-state index in [0.29, 0.717) is 5.92 Å². The third kappa shape index (κ3) is 9.31. The van der Waals surface area contributed by atoms with Crippen LogP contribution < -0.4 is 0 Å². The van der Waals surface area contributed by atoms with Crippen LogP contribution in [0.2, 0.25) is 0 Å². The van der Waals surface area contributed by atoms with Gasteiger partial charge in [0.05, 0.1) is 0 Å². The van der Waals surface area contributed by atoms with Gasteiger partial charge >= 0.3 is 0 Å². The second-order valence-electron chi connectivity index (χ2n) is 4.13. The fourth-order valence-corrected chi connectivity index (χ4v) is 1.41. The van der Waals surface area contributed by atoms with E-state index in [-0.39, 0.29) is 0 Å². The van der Waals surface area contributed by atoms with Gasteiger partial charge in [-0.05, 0) is 50.5 Å².